The second-order valence-electron chi connectivity index (χ2n) is 7.31. The molecule has 2 amide bonds. The Morgan fingerprint density at radius 1 is 1.37 bits per heavy atom. The SMILES string of the molecule is CC(C)CCNCC(O)CNC(=O)C1CN(c2cccc(OC(F)(F)F)c2)C(=O)O1. The number of benzene rings is 1. The predicted octanol–water partition coefficient (Wildman–Crippen LogP) is 2.02. The van der Waals surface area contributed by atoms with E-state index < -0.39 is 36.3 Å². The van der Waals surface area contributed by atoms with Gasteiger partial charge in [0.2, 0.25) is 0 Å². The Labute approximate surface area is 172 Å². The third-order valence-electron chi connectivity index (χ3n) is 4.26. The molecule has 0 saturated carbocycles. The van der Waals surface area contributed by atoms with Crippen molar-refractivity contribution in [3.05, 3.63) is 24.3 Å². The van der Waals surface area contributed by atoms with E-state index in [-0.39, 0.29) is 18.8 Å². The Morgan fingerprint density at radius 2 is 2.10 bits per heavy atom. The number of carbonyl (C=O) groups is 2. The quantitative estimate of drug-likeness (QED) is 0.489. The number of anilines is 1. The van der Waals surface area contributed by atoms with Crippen LogP contribution >= 0.6 is 0 Å². The summed E-state index contributed by atoms with van der Waals surface area (Å²) in [6.45, 7) is 5.01. The van der Waals surface area contributed by atoms with E-state index in [1.807, 2.05) is 0 Å². The minimum Gasteiger partial charge on any atom is -0.434 e. The molecule has 1 aliphatic heterocycles. The maximum atomic E-state index is 12.4. The van der Waals surface area contributed by atoms with E-state index in [0.717, 1.165) is 30.0 Å². The van der Waals surface area contributed by atoms with Crippen molar-refractivity contribution >= 4 is 17.7 Å². The molecule has 0 radical (unpaired) electrons. The lowest BCUT2D eigenvalue weighted by Gasteiger charge is -2.16. The van der Waals surface area contributed by atoms with Crippen molar-refractivity contribution < 1.29 is 37.3 Å². The molecule has 1 aromatic carbocycles. The number of ether oxygens (including phenoxy) is 2. The zero-order chi connectivity index (χ0) is 22.3. The Kier molecular flexibility index (Phi) is 8.30. The van der Waals surface area contributed by atoms with Crippen LogP contribution in [0, 0.1) is 5.92 Å². The van der Waals surface area contributed by atoms with E-state index in [2.05, 4.69) is 29.2 Å². The zero-order valence-corrected chi connectivity index (χ0v) is 16.7. The van der Waals surface area contributed by atoms with Gasteiger partial charge in [-0.15, -0.1) is 13.2 Å². The number of aliphatic hydroxyl groups is 1. The lowest BCUT2D eigenvalue weighted by atomic mass is 10.1. The molecule has 1 heterocycles. The molecule has 8 nitrogen and oxygen atoms in total. The van der Waals surface area contributed by atoms with E-state index in [0.29, 0.717) is 12.5 Å². The Bertz CT molecular complexity index is 730. The topological polar surface area (TPSA) is 100 Å². The van der Waals surface area contributed by atoms with Crippen LogP contribution < -0.4 is 20.3 Å². The lowest BCUT2D eigenvalue weighted by molar-refractivity contribution is -0.274. The van der Waals surface area contributed by atoms with Gasteiger partial charge >= 0.3 is 12.5 Å². The van der Waals surface area contributed by atoms with Gasteiger partial charge in [0, 0.05) is 19.2 Å². The maximum absolute atomic E-state index is 12.4. The minimum atomic E-state index is -4.86. The van der Waals surface area contributed by atoms with Gasteiger partial charge in [0.1, 0.15) is 5.75 Å². The number of nitrogens with zero attached hydrogens (tertiary/aromatic N) is 1. The molecule has 0 aliphatic carbocycles. The van der Waals surface area contributed by atoms with Crippen LogP contribution in [-0.2, 0) is 9.53 Å². The summed E-state index contributed by atoms with van der Waals surface area (Å²) in [6.07, 6.45) is -6.73. The molecule has 1 saturated heterocycles. The van der Waals surface area contributed by atoms with E-state index in [4.69, 9.17) is 4.74 Å². The van der Waals surface area contributed by atoms with Crippen LogP contribution in [0.3, 0.4) is 0 Å². The smallest absolute Gasteiger partial charge is 0.434 e. The van der Waals surface area contributed by atoms with Crippen molar-refractivity contribution in [1.29, 1.82) is 0 Å². The van der Waals surface area contributed by atoms with Gasteiger partial charge in [-0.25, -0.2) is 4.79 Å². The van der Waals surface area contributed by atoms with Crippen LogP contribution in [0.15, 0.2) is 24.3 Å². The second-order valence-corrected chi connectivity index (χ2v) is 7.31. The fourth-order valence-electron chi connectivity index (χ4n) is 2.72. The number of carbonyl (C=O) groups excluding carboxylic acids is 2. The number of cyclic esters (lactones) is 1. The normalized spacial score (nSPS) is 17.8. The van der Waals surface area contributed by atoms with Gasteiger partial charge in [-0.2, -0.15) is 0 Å². The molecule has 11 heteroatoms. The first kappa shape index (κ1) is 23.7. The maximum Gasteiger partial charge on any atom is 0.573 e. The molecule has 2 unspecified atom stereocenters. The lowest BCUT2D eigenvalue weighted by Crippen LogP contribution is -2.43. The highest BCUT2D eigenvalue weighted by Crippen LogP contribution is 2.29. The van der Waals surface area contributed by atoms with Crippen LogP contribution in [0.4, 0.5) is 23.7 Å². The molecule has 3 N–H and O–H groups in total. The molecule has 0 bridgehead atoms. The van der Waals surface area contributed by atoms with Gasteiger partial charge in [0.25, 0.3) is 5.91 Å². The first-order valence-electron chi connectivity index (χ1n) is 9.55. The van der Waals surface area contributed by atoms with Gasteiger partial charge in [0.15, 0.2) is 6.10 Å². The fourth-order valence-corrected chi connectivity index (χ4v) is 2.72. The average molecular weight is 433 g/mol. The summed E-state index contributed by atoms with van der Waals surface area (Å²) >= 11 is 0. The Balaban J connectivity index is 1.84. The van der Waals surface area contributed by atoms with Crippen molar-refractivity contribution in [2.24, 2.45) is 5.92 Å². The molecule has 1 fully saturated rings. The van der Waals surface area contributed by atoms with Crippen molar-refractivity contribution in [2.75, 3.05) is 31.1 Å². The summed E-state index contributed by atoms with van der Waals surface area (Å²) in [5.41, 5.74) is 0.103. The van der Waals surface area contributed by atoms with Crippen molar-refractivity contribution in [2.45, 2.75) is 38.8 Å². The second kappa shape index (κ2) is 10.5. The highest BCUT2D eigenvalue weighted by Gasteiger charge is 2.37. The largest absolute Gasteiger partial charge is 0.573 e. The number of aliphatic hydroxyl groups excluding tert-OH is 1. The van der Waals surface area contributed by atoms with Crippen LogP contribution in [0.25, 0.3) is 0 Å². The number of hydrogen-bond donors (Lipinski definition) is 3. The Morgan fingerprint density at radius 3 is 2.77 bits per heavy atom. The number of rotatable bonds is 10. The van der Waals surface area contributed by atoms with Gasteiger partial charge < -0.3 is 25.2 Å². The fraction of sp³-hybridized carbons (Fsp3) is 0.579. The molecule has 30 heavy (non-hydrogen) atoms. The van der Waals surface area contributed by atoms with Crippen LogP contribution in [-0.4, -0.2) is 61.9 Å². The summed E-state index contributed by atoms with van der Waals surface area (Å²) in [5, 5.41) is 15.5. The summed E-state index contributed by atoms with van der Waals surface area (Å²) in [4.78, 5) is 25.3. The third kappa shape index (κ3) is 7.71. The first-order valence-corrected chi connectivity index (χ1v) is 9.55. The number of amides is 2. The van der Waals surface area contributed by atoms with E-state index in [1.165, 1.54) is 12.1 Å². The number of hydrogen-bond acceptors (Lipinski definition) is 6. The average Bonchev–Trinajstić information content (AvgIpc) is 3.04. The molecule has 1 aromatic rings. The predicted molar refractivity (Wildman–Crippen MR) is 102 cm³/mol. The molecular weight excluding hydrogens is 407 g/mol. The van der Waals surface area contributed by atoms with Gasteiger partial charge in [0.05, 0.1) is 18.3 Å². The molecule has 0 spiro atoms. The van der Waals surface area contributed by atoms with E-state index >= 15 is 0 Å². The third-order valence-corrected chi connectivity index (χ3v) is 4.26. The molecule has 2 atom stereocenters. The summed E-state index contributed by atoms with van der Waals surface area (Å²) in [5.74, 6) is -0.557. The van der Waals surface area contributed by atoms with Crippen LogP contribution in [0.1, 0.15) is 20.3 Å². The van der Waals surface area contributed by atoms with Gasteiger partial charge in [-0.1, -0.05) is 19.9 Å². The molecular formula is C19H26F3N3O5. The zero-order valence-electron chi connectivity index (χ0n) is 16.7. The molecule has 0 aromatic heterocycles. The highest BCUT2D eigenvalue weighted by atomic mass is 19.4. The van der Waals surface area contributed by atoms with Crippen molar-refractivity contribution in [3.63, 3.8) is 0 Å². The molecule has 168 valence electrons. The number of halogens is 3. The summed E-state index contributed by atoms with van der Waals surface area (Å²) in [6, 6.07) is 4.82. The highest BCUT2D eigenvalue weighted by molar-refractivity contribution is 5.95. The van der Waals surface area contributed by atoms with Gasteiger partial charge in [-0.05, 0) is 31.0 Å². The van der Waals surface area contributed by atoms with Crippen molar-refractivity contribution in [3.8, 4) is 5.75 Å². The minimum absolute atomic E-state index is 0.0313. The van der Waals surface area contributed by atoms with Gasteiger partial charge in [-0.3, -0.25) is 9.69 Å². The molecule has 1 aliphatic rings. The van der Waals surface area contributed by atoms with Crippen molar-refractivity contribution in [1.82, 2.24) is 10.6 Å². The standard InChI is InChI=1S/C19H26F3N3O5/c1-12(2)6-7-23-9-14(26)10-24-17(27)16-11-25(18(28)29-16)13-4-3-5-15(8-13)30-19(20,21)22/h3-5,8,12,14,16,23,26H,6-7,9-11H2,1-2H3,(H,24,27). The van der Waals surface area contributed by atoms with Crippen LogP contribution in [0.2, 0.25) is 0 Å². The first-order chi connectivity index (χ1) is 14.0. The molecule has 2 rings (SSSR count). The Hall–Kier alpha value is -2.53. The summed E-state index contributed by atoms with van der Waals surface area (Å²) in [7, 11) is 0. The summed E-state index contributed by atoms with van der Waals surface area (Å²) < 4.78 is 46.0. The van der Waals surface area contributed by atoms with E-state index in [9.17, 15) is 27.9 Å². The van der Waals surface area contributed by atoms with Crippen LogP contribution in [0.5, 0.6) is 5.75 Å². The monoisotopic (exact) mass is 433 g/mol. The number of alkyl halides is 3. The van der Waals surface area contributed by atoms with E-state index in [1.54, 1.807) is 0 Å². The number of nitrogens with one attached hydrogen (secondary N) is 2.